The van der Waals surface area contributed by atoms with Crippen LogP contribution in [-0.4, -0.2) is 50.5 Å². The van der Waals surface area contributed by atoms with Crippen LogP contribution in [0.5, 0.6) is 11.5 Å². The largest absolute Gasteiger partial charge is 0.490 e. The van der Waals surface area contributed by atoms with Crippen LogP contribution in [0.4, 0.5) is 0 Å². The molecule has 1 aromatic carbocycles. The maximum absolute atomic E-state index is 12.0. The van der Waals surface area contributed by atoms with Crippen LogP contribution >= 0.6 is 0 Å². The topological polar surface area (TPSA) is 94.1 Å². The number of hydrogen-bond acceptors (Lipinski definition) is 5. The lowest BCUT2D eigenvalue weighted by Crippen LogP contribution is -2.29. The van der Waals surface area contributed by atoms with Gasteiger partial charge in [0.2, 0.25) is 5.91 Å². The number of unbranched alkanes of at least 4 members (excludes halogenated alkanes) is 4. The van der Waals surface area contributed by atoms with Crippen molar-refractivity contribution in [3.05, 3.63) is 23.8 Å². The Hall–Kier alpha value is -2.28. The Morgan fingerprint density at radius 3 is 2.50 bits per heavy atom. The molecule has 0 aromatic heterocycles. The van der Waals surface area contributed by atoms with Gasteiger partial charge in [0, 0.05) is 32.6 Å². The molecule has 182 valence electrons. The van der Waals surface area contributed by atoms with Crippen LogP contribution < -0.4 is 14.8 Å². The first-order chi connectivity index (χ1) is 15.5. The van der Waals surface area contributed by atoms with E-state index in [2.05, 4.69) is 12.2 Å². The monoisotopic (exact) mass is 451 g/mol. The summed E-state index contributed by atoms with van der Waals surface area (Å²) >= 11 is 0. The van der Waals surface area contributed by atoms with Gasteiger partial charge in [0.1, 0.15) is 0 Å². The highest BCUT2D eigenvalue weighted by Crippen LogP contribution is 2.29. The molecule has 0 radical (unpaired) electrons. The number of hydrogen-bond donors (Lipinski definition) is 2. The number of aryl methyl sites for hydroxylation is 1. The Morgan fingerprint density at radius 1 is 1.00 bits per heavy atom. The number of carbonyl (C=O) groups is 2. The standard InChI is InChI=1S/C25H41NO6/c1-4-5-15-26-25(29)20(2)11-8-6-7-9-12-21-13-14-22(32-19-24(27)28)23(18-21)31-17-10-16-30-3/h13-14,18,20H,4-12,15-17,19H2,1-3H3,(H,26,29)(H,27,28)/t20-/m1/s1. The molecule has 0 heterocycles. The van der Waals surface area contributed by atoms with E-state index in [1.165, 1.54) is 0 Å². The van der Waals surface area contributed by atoms with Crippen molar-refractivity contribution < 1.29 is 28.9 Å². The molecule has 7 heteroatoms. The number of methoxy groups -OCH3 is 1. The molecule has 1 atom stereocenters. The first-order valence-electron chi connectivity index (χ1n) is 11.8. The molecule has 0 fully saturated rings. The van der Waals surface area contributed by atoms with Gasteiger partial charge in [0.05, 0.1) is 6.61 Å². The second kappa shape index (κ2) is 17.3. The third-order valence-corrected chi connectivity index (χ3v) is 5.24. The molecule has 7 nitrogen and oxygen atoms in total. The van der Waals surface area contributed by atoms with Crippen LogP contribution in [0.15, 0.2) is 18.2 Å². The van der Waals surface area contributed by atoms with Crippen molar-refractivity contribution in [2.24, 2.45) is 5.92 Å². The zero-order chi connectivity index (χ0) is 23.6. The van der Waals surface area contributed by atoms with E-state index in [9.17, 15) is 9.59 Å². The fourth-order valence-electron chi connectivity index (χ4n) is 3.29. The summed E-state index contributed by atoms with van der Waals surface area (Å²) in [6.07, 6.45) is 9.02. The summed E-state index contributed by atoms with van der Waals surface area (Å²) in [4.78, 5) is 22.8. The number of carbonyl (C=O) groups excluding carboxylic acids is 1. The van der Waals surface area contributed by atoms with E-state index < -0.39 is 12.6 Å². The van der Waals surface area contributed by atoms with E-state index in [1.54, 1.807) is 13.2 Å². The van der Waals surface area contributed by atoms with E-state index in [4.69, 9.17) is 19.3 Å². The average molecular weight is 452 g/mol. The lowest BCUT2D eigenvalue weighted by molar-refractivity contribution is -0.139. The maximum Gasteiger partial charge on any atom is 0.341 e. The third kappa shape index (κ3) is 12.5. The summed E-state index contributed by atoms with van der Waals surface area (Å²) in [6, 6.07) is 5.68. The Balaban J connectivity index is 2.39. The Labute approximate surface area is 192 Å². The van der Waals surface area contributed by atoms with Crippen LogP contribution in [0.25, 0.3) is 0 Å². The number of carboxylic acids is 1. The molecule has 32 heavy (non-hydrogen) atoms. The number of carboxylic acid groups (broad SMARTS) is 1. The smallest absolute Gasteiger partial charge is 0.341 e. The van der Waals surface area contributed by atoms with Crippen molar-refractivity contribution in [1.82, 2.24) is 5.32 Å². The second-order valence-corrected chi connectivity index (χ2v) is 8.16. The summed E-state index contributed by atoms with van der Waals surface area (Å²) in [6.45, 7) is 5.58. The van der Waals surface area contributed by atoms with Gasteiger partial charge < -0.3 is 24.6 Å². The maximum atomic E-state index is 12.0. The van der Waals surface area contributed by atoms with Crippen LogP contribution in [0.1, 0.15) is 70.8 Å². The lowest BCUT2D eigenvalue weighted by atomic mass is 10.00. The second-order valence-electron chi connectivity index (χ2n) is 8.16. The van der Waals surface area contributed by atoms with E-state index in [0.29, 0.717) is 24.7 Å². The van der Waals surface area contributed by atoms with E-state index in [0.717, 1.165) is 69.9 Å². The minimum Gasteiger partial charge on any atom is -0.490 e. The van der Waals surface area contributed by atoms with Crippen molar-refractivity contribution in [1.29, 1.82) is 0 Å². The predicted octanol–water partition coefficient (Wildman–Crippen LogP) is 4.61. The minimum atomic E-state index is -1.02. The van der Waals surface area contributed by atoms with E-state index >= 15 is 0 Å². The Kier molecular flexibility index (Phi) is 15.0. The van der Waals surface area contributed by atoms with E-state index in [-0.39, 0.29) is 11.8 Å². The number of ether oxygens (including phenoxy) is 3. The van der Waals surface area contributed by atoms with Crippen molar-refractivity contribution in [2.45, 2.75) is 71.6 Å². The molecule has 0 saturated carbocycles. The molecular weight excluding hydrogens is 410 g/mol. The van der Waals surface area contributed by atoms with Gasteiger partial charge in [-0.05, 0) is 43.4 Å². The predicted molar refractivity (Wildman–Crippen MR) is 125 cm³/mol. The molecule has 0 saturated heterocycles. The van der Waals surface area contributed by atoms with Crippen LogP contribution in [0.3, 0.4) is 0 Å². The van der Waals surface area contributed by atoms with Gasteiger partial charge in [0.25, 0.3) is 0 Å². The normalized spacial score (nSPS) is 11.7. The average Bonchev–Trinajstić information content (AvgIpc) is 2.78. The van der Waals surface area contributed by atoms with Gasteiger partial charge in [-0.1, -0.05) is 45.6 Å². The zero-order valence-electron chi connectivity index (χ0n) is 20.0. The minimum absolute atomic E-state index is 0.0722. The van der Waals surface area contributed by atoms with Gasteiger partial charge in [-0.2, -0.15) is 0 Å². The molecule has 0 bridgehead atoms. The number of aliphatic carboxylic acids is 1. The van der Waals surface area contributed by atoms with E-state index in [1.807, 2.05) is 19.1 Å². The fraction of sp³-hybridized carbons (Fsp3) is 0.680. The lowest BCUT2D eigenvalue weighted by Gasteiger charge is -2.14. The van der Waals surface area contributed by atoms with Gasteiger partial charge >= 0.3 is 5.97 Å². The van der Waals surface area contributed by atoms with Gasteiger partial charge in [-0.3, -0.25) is 4.79 Å². The molecule has 1 aromatic rings. The SMILES string of the molecule is CCCCNC(=O)[C@H](C)CCCCCCc1ccc(OCC(=O)O)c(OCCCOC)c1. The van der Waals surface area contributed by atoms with Crippen molar-refractivity contribution >= 4 is 11.9 Å². The molecule has 2 N–H and O–H groups in total. The number of benzene rings is 1. The van der Waals surface area contributed by atoms with Crippen molar-refractivity contribution in [3.8, 4) is 11.5 Å². The molecule has 0 aliphatic carbocycles. The summed E-state index contributed by atoms with van der Waals surface area (Å²) < 4.78 is 16.2. The summed E-state index contributed by atoms with van der Waals surface area (Å²) in [5, 5.41) is 11.9. The Bertz CT molecular complexity index is 664. The highest BCUT2D eigenvalue weighted by atomic mass is 16.5. The molecule has 1 rings (SSSR count). The van der Waals surface area contributed by atoms with Crippen LogP contribution in [-0.2, 0) is 20.7 Å². The van der Waals surface area contributed by atoms with Gasteiger partial charge in [-0.15, -0.1) is 0 Å². The number of rotatable bonds is 19. The zero-order valence-corrected chi connectivity index (χ0v) is 20.0. The van der Waals surface area contributed by atoms with Crippen molar-refractivity contribution in [3.63, 3.8) is 0 Å². The summed E-state index contributed by atoms with van der Waals surface area (Å²) in [5.74, 6) is 0.236. The first-order valence-corrected chi connectivity index (χ1v) is 11.8. The van der Waals surface area contributed by atoms with Crippen LogP contribution in [0.2, 0.25) is 0 Å². The molecule has 0 aliphatic heterocycles. The Morgan fingerprint density at radius 2 is 1.78 bits per heavy atom. The third-order valence-electron chi connectivity index (χ3n) is 5.24. The molecule has 1 amide bonds. The quantitative estimate of drug-likeness (QED) is 0.298. The highest BCUT2D eigenvalue weighted by molar-refractivity contribution is 5.78. The molecule has 0 spiro atoms. The summed E-state index contributed by atoms with van der Waals surface area (Å²) in [5.41, 5.74) is 1.14. The van der Waals surface area contributed by atoms with Crippen LogP contribution in [0, 0.1) is 5.92 Å². The van der Waals surface area contributed by atoms with Crippen molar-refractivity contribution in [2.75, 3.05) is 33.5 Å². The van der Waals surface area contributed by atoms with Gasteiger partial charge in [-0.25, -0.2) is 4.79 Å². The van der Waals surface area contributed by atoms with Gasteiger partial charge in [0.15, 0.2) is 18.1 Å². The fourth-order valence-corrected chi connectivity index (χ4v) is 3.29. The number of nitrogens with one attached hydrogen (secondary N) is 1. The molecular formula is C25H41NO6. The summed E-state index contributed by atoms with van der Waals surface area (Å²) in [7, 11) is 1.64. The molecule has 0 unspecified atom stereocenters. The highest BCUT2D eigenvalue weighted by Gasteiger charge is 2.12. The molecule has 0 aliphatic rings. The number of amides is 1. The first kappa shape index (κ1) is 27.8.